The maximum absolute atomic E-state index is 10.4. The molecule has 4 N–H and O–H groups in total. The molecule has 1 aromatic heterocycles. The Hall–Kier alpha value is -1.92. The molecule has 1 aromatic rings. The zero-order chi connectivity index (χ0) is 11.5. The minimum Gasteiger partial charge on any atom is -0.382 e. The number of anilines is 3. The average molecular weight is 222 g/mol. The third-order valence-electron chi connectivity index (χ3n) is 2.66. The number of nitrogens with two attached hydrogens (primary N) is 2. The smallest absolute Gasteiger partial charge is 0.229 e. The topological polar surface area (TPSA) is 110 Å². The SMILES string of the molecule is Nc1nc(N2CCCCC2)nc(N)c1N=O. The molecule has 0 spiro atoms. The van der Waals surface area contributed by atoms with Crippen molar-refractivity contribution in [2.45, 2.75) is 19.3 Å². The van der Waals surface area contributed by atoms with Gasteiger partial charge in [-0.15, -0.1) is 4.91 Å². The first-order valence-electron chi connectivity index (χ1n) is 5.23. The molecule has 7 heteroatoms. The van der Waals surface area contributed by atoms with Gasteiger partial charge in [-0.3, -0.25) is 0 Å². The lowest BCUT2D eigenvalue weighted by atomic mass is 10.1. The molecule has 0 aliphatic carbocycles. The molecule has 0 atom stereocenters. The Bertz CT molecular complexity index is 378. The van der Waals surface area contributed by atoms with Crippen molar-refractivity contribution in [2.75, 3.05) is 29.5 Å². The molecule has 1 saturated heterocycles. The van der Waals surface area contributed by atoms with Crippen molar-refractivity contribution in [1.29, 1.82) is 0 Å². The first kappa shape index (κ1) is 10.6. The largest absolute Gasteiger partial charge is 0.382 e. The first-order valence-corrected chi connectivity index (χ1v) is 5.23. The Kier molecular flexibility index (Phi) is 2.84. The van der Waals surface area contributed by atoms with Crippen LogP contribution in [-0.2, 0) is 0 Å². The van der Waals surface area contributed by atoms with Crippen LogP contribution < -0.4 is 16.4 Å². The van der Waals surface area contributed by atoms with E-state index < -0.39 is 0 Å². The minimum atomic E-state index is -0.0687. The molecular weight excluding hydrogens is 208 g/mol. The molecule has 0 unspecified atom stereocenters. The lowest BCUT2D eigenvalue weighted by molar-refractivity contribution is 0.569. The van der Waals surface area contributed by atoms with Crippen LogP contribution in [0.3, 0.4) is 0 Å². The lowest BCUT2D eigenvalue weighted by Crippen LogP contribution is -2.31. The van der Waals surface area contributed by atoms with Crippen molar-refractivity contribution in [3.63, 3.8) is 0 Å². The van der Waals surface area contributed by atoms with Gasteiger partial charge in [0, 0.05) is 13.1 Å². The van der Waals surface area contributed by atoms with Gasteiger partial charge in [-0.25, -0.2) is 0 Å². The Labute approximate surface area is 92.8 Å². The Balaban J connectivity index is 2.31. The van der Waals surface area contributed by atoms with Crippen LogP contribution in [-0.4, -0.2) is 23.1 Å². The highest BCUT2D eigenvalue weighted by Gasteiger charge is 2.17. The second-order valence-corrected chi connectivity index (χ2v) is 3.78. The van der Waals surface area contributed by atoms with E-state index in [1.165, 1.54) is 6.42 Å². The number of rotatable bonds is 2. The summed E-state index contributed by atoms with van der Waals surface area (Å²) in [5, 5.41) is 2.71. The zero-order valence-electron chi connectivity index (χ0n) is 8.89. The van der Waals surface area contributed by atoms with Crippen LogP contribution in [0.2, 0.25) is 0 Å². The molecule has 2 heterocycles. The van der Waals surface area contributed by atoms with Gasteiger partial charge >= 0.3 is 0 Å². The van der Waals surface area contributed by atoms with Crippen LogP contribution in [0, 0.1) is 4.91 Å². The second-order valence-electron chi connectivity index (χ2n) is 3.78. The summed E-state index contributed by atoms with van der Waals surface area (Å²) >= 11 is 0. The van der Waals surface area contributed by atoms with Gasteiger partial charge in [0.2, 0.25) is 5.95 Å². The van der Waals surface area contributed by atoms with Gasteiger partial charge in [-0.2, -0.15) is 9.97 Å². The number of nitroso groups, excluding NO2 is 1. The van der Waals surface area contributed by atoms with Gasteiger partial charge in [0.15, 0.2) is 17.3 Å². The summed E-state index contributed by atoms with van der Waals surface area (Å²) in [7, 11) is 0. The lowest BCUT2D eigenvalue weighted by Gasteiger charge is -2.26. The highest BCUT2D eigenvalue weighted by Crippen LogP contribution is 2.28. The van der Waals surface area contributed by atoms with E-state index in [-0.39, 0.29) is 17.3 Å². The third kappa shape index (κ3) is 1.88. The molecule has 0 aromatic carbocycles. The number of hydrogen-bond acceptors (Lipinski definition) is 7. The van der Waals surface area contributed by atoms with Crippen LogP contribution in [0.1, 0.15) is 19.3 Å². The molecule has 7 nitrogen and oxygen atoms in total. The fraction of sp³-hybridized carbons (Fsp3) is 0.556. The van der Waals surface area contributed by atoms with E-state index in [0.29, 0.717) is 5.95 Å². The van der Waals surface area contributed by atoms with E-state index in [4.69, 9.17) is 11.5 Å². The van der Waals surface area contributed by atoms with Crippen LogP contribution in [0.25, 0.3) is 0 Å². The number of piperidine rings is 1. The van der Waals surface area contributed by atoms with E-state index in [1.54, 1.807) is 0 Å². The number of nitrogens with zero attached hydrogens (tertiary/aromatic N) is 4. The van der Waals surface area contributed by atoms with Gasteiger partial charge in [0.05, 0.1) is 0 Å². The summed E-state index contributed by atoms with van der Waals surface area (Å²) in [6.07, 6.45) is 3.43. The summed E-state index contributed by atoms with van der Waals surface area (Å²) in [5.74, 6) is 0.577. The van der Waals surface area contributed by atoms with Crippen molar-refractivity contribution < 1.29 is 0 Å². The zero-order valence-corrected chi connectivity index (χ0v) is 8.89. The quantitative estimate of drug-likeness (QED) is 0.723. The number of aromatic nitrogens is 2. The van der Waals surface area contributed by atoms with Gasteiger partial charge in [-0.05, 0) is 24.4 Å². The molecule has 1 aliphatic rings. The Morgan fingerprint density at radius 2 is 1.62 bits per heavy atom. The van der Waals surface area contributed by atoms with Crippen molar-refractivity contribution in [3.05, 3.63) is 4.91 Å². The van der Waals surface area contributed by atoms with E-state index in [1.807, 2.05) is 4.90 Å². The molecule has 86 valence electrons. The van der Waals surface area contributed by atoms with Gasteiger partial charge in [0.1, 0.15) is 0 Å². The van der Waals surface area contributed by atoms with Gasteiger partial charge in [0.25, 0.3) is 0 Å². The molecule has 2 rings (SSSR count). The van der Waals surface area contributed by atoms with Crippen LogP contribution >= 0.6 is 0 Å². The van der Waals surface area contributed by atoms with Gasteiger partial charge in [-0.1, -0.05) is 0 Å². The van der Waals surface area contributed by atoms with Crippen LogP contribution in [0.5, 0.6) is 0 Å². The van der Waals surface area contributed by atoms with E-state index in [2.05, 4.69) is 15.1 Å². The van der Waals surface area contributed by atoms with E-state index in [0.717, 1.165) is 25.9 Å². The van der Waals surface area contributed by atoms with Gasteiger partial charge < -0.3 is 16.4 Å². The predicted octanol–water partition coefficient (Wildman–Crippen LogP) is 1.03. The average Bonchev–Trinajstić information content (AvgIpc) is 2.30. The summed E-state index contributed by atoms with van der Waals surface area (Å²) in [5.41, 5.74) is 11.1. The molecule has 1 fully saturated rings. The maximum Gasteiger partial charge on any atom is 0.229 e. The highest BCUT2D eigenvalue weighted by molar-refractivity contribution is 5.71. The molecule has 16 heavy (non-hydrogen) atoms. The van der Waals surface area contributed by atoms with Crippen molar-refractivity contribution >= 4 is 23.3 Å². The highest BCUT2D eigenvalue weighted by atomic mass is 16.3. The minimum absolute atomic E-state index is 0.0445. The van der Waals surface area contributed by atoms with Crippen molar-refractivity contribution in [3.8, 4) is 0 Å². The predicted molar refractivity (Wildman–Crippen MR) is 62.4 cm³/mol. The normalized spacial score (nSPS) is 16.1. The van der Waals surface area contributed by atoms with Crippen LogP contribution in [0.4, 0.5) is 23.3 Å². The molecule has 0 radical (unpaired) electrons. The molecule has 0 saturated carbocycles. The number of hydrogen-bond donors (Lipinski definition) is 2. The van der Waals surface area contributed by atoms with Crippen molar-refractivity contribution in [2.24, 2.45) is 5.18 Å². The summed E-state index contributed by atoms with van der Waals surface area (Å²) in [6, 6.07) is 0. The van der Waals surface area contributed by atoms with Crippen LogP contribution in [0.15, 0.2) is 5.18 Å². The molecule has 1 aliphatic heterocycles. The maximum atomic E-state index is 10.4. The third-order valence-corrected chi connectivity index (χ3v) is 2.66. The Morgan fingerprint density at radius 1 is 1.06 bits per heavy atom. The Morgan fingerprint density at radius 3 is 2.12 bits per heavy atom. The standard InChI is InChI=1S/C9H14N6O/c10-7-6(14-16)8(11)13-9(12-7)15-4-2-1-3-5-15/h1-5H2,(H4,10,11,12,13). The summed E-state index contributed by atoms with van der Waals surface area (Å²) in [6.45, 7) is 1.79. The van der Waals surface area contributed by atoms with E-state index in [9.17, 15) is 4.91 Å². The molecule has 0 amide bonds. The van der Waals surface area contributed by atoms with E-state index >= 15 is 0 Å². The number of nitrogen functional groups attached to an aromatic ring is 2. The fourth-order valence-electron chi connectivity index (χ4n) is 1.81. The molecule has 0 bridgehead atoms. The first-order chi connectivity index (χ1) is 7.72. The summed E-state index contributed by atoms with van der Waals surface area (Å²) in [4.78, 5) is 20.5. The fourth-order valence-corrected chi connectivity index (χ4v) is 1.81. The van der Waals surface area contributed by atoms with Crippen molar-refractivity contribution in [1.82, 2.24) is 9.97 Å². The summed E-state index contributed by atoms with van der Waals surface area (Å²) < 4.78 is 0. The monoisotopic (exact) mass is 222 g/mol. The molecular formula is C9H14N6O. The second kappa shape index (κ2) is 4.30.